The van der Waals surface area contributed by atoms with Gasteiger partial charge in [-0.1, -0.05) is 234 Å². The number of unbranched alkanes of at least 4 members (excludes halogenated alkanes) is 90. The van der Waals surface area contributed by atoms with Crippen LogP contribution in [0.2, 0.25) is 26.6 Å². The molecule has 0 rings (SSSR count). The first-order valence-corrected chi connectivity index (χ1v) is 69.2. The molecule has 0 fully saturated rings. The van der Waals surface area contributed by atoms with E-state index in [9.17, 15) is 1.41 Å². The van der Waals surface area contributed by atoms with Crippen LogP contribution in [0.4, 0.5) is 0 Å². The standard InChI is InChI=1S/6C18H37.O.2Sn/c6*1-3-5-7-9-11-13-15-17-18-16-14-12-10-8-6-4-2;;;/h6*1,3-18H2,2H3;;;. The van der Waals surface area contributed by atoms with Crippen LogP contribution in [-0.2, 0) is 1.41 Å². The molecule has 0 saturated carbocycles. The van der Waals surface area contributed by atoms with Crippen LogP contribution < -0.4 is 0 Å². The monoisotopic (exact) mass is 1780 g/mol. The van der Waals surface area contributed by atoms with Crippen molar-refractivity contribution in [2.24, 2.45) is 0 Å². The summed E-state index contributed by atoms with van der Waals surface area (Å²) in [5.41, 5.74) is 0. The summed E-state index contributed by atoms with van der Waals surface area (Å²) in [5.74, 6) is 0. The van der Waals surface area contributed by atoms with Gasteiger partial charge in [-0.05, 0) is 0 Å². The second-order valence-corrected chi connectivity index (χ2v) is 65.3. The Balaban J connectivity index is 6.83. The summed E-state index contributed by atoms with van der Waals surface area (Å²) in [7, 11) is 0. The molecule has 0 aromatic heterocycles. The fraction of sp³-hybridized carbons (Fsp3) is 1.00. The third-order valence-electron chi connectivity index (χ3n) is 27.3. The molecule has 0 spiro atoms. The van der Waals surface area contributed by atoms with Gasteiger partial charge in [0.15, 0.2) is 0 Å². The summed E-state index contributed by atoms with van der Waals surface area (Å²) in [6.45, 7) is 14.1. The van der Waals surface area contributed by atoms with Gasteiger partial charge in [-0.15, -0.1) is 0 Å². The van der Waals surface area contributed by atoms with Crippen molar-refractivity contribution in [2.75, 3.05) is 0 Å². The number of hydrogen-bond donors (Lipinski definition) is 0. The average molecular weight is 1770 g/mol. The Kier molecular flexibility index (Phi) is 102. The molecule has 0 heterocycles. The van der Waals surface area contributed by atoms with E-state index in [2.05, 4.69) is 41.5 Å². The maximum absolute atomic E-state index is 9.19. The SMILES string of the molecule is CCCCCCCCCCCCCCCCC[CH2][Sn]([CH2]CCCCCCCCCCCCCCCCC)([CH2]CCCCCCCCCCCCCCCCC)[O][Sn]([CH2]CCCCCCCCCCCCCCCCC)([CH2]CCCCCCCCCCCCCCCCC)[CH2]CCCCCCCCCCCCCCCCC. The van der Waals surface area contributed by atoms with E-state index in [1.165, 1.54) is 616 Å². The van der Waals surface area contributed by atoms with Crippen LogP contribution in [0.1, 0.15) is 658 Å². The van der Waals surface area contributed by atoms with E-state index >= 15 is 0 Å². The molecule has 111 heavy (non-hydrogen) atoms. The average Bonchev–Trinajstić information content (AvgIpc) is 0.810. The summed E-state index contributed by atoms with van der Waals surface area (Å²) in [5, 5.41) is 0. The molecule has 0 atom stereocenters. The zero-order valence-electron chi connectivity index (χ0n) is 79.5. The van der Waals surface area contributed by atoms with Crippen LogP contribution in [0.15, 0.2) is 0 Å². The molecule has 0 aliphatic rings. The van der Waals surface area contributed by atoms with Crippen LogP contribution in [0.3, 0.4) is 0 Å². The van der Waals surface area contributed by atoms with Gasteiger partial charge in [0.1, 0.15) is 0 Å². The molecule has 0 amide bonds. The van der Waals surface area contributed by atoms with Gasteiger partial charge in [-0.3, -0.25) is 0 Å². The zero-order valence-corrected chi connectivity index (χ0v) is 85.2. The Labute approximate surface area is 717 Å². The minimum atomic E-state index is -3.09. The summed E-state index contributed by atoms with van der Waals surface area (Å²) in [6.07, 6.45) is 143. The molecule has 1 nitrogen and oxygen atoms in total. The van der Waals surface area contributed by atoms with Gasteiger partial charge in [-0.25, -0.2) is 0 Å². The third kappa shape index (κ3) is 90.6. The second kappa shape index (κ2) is 100. The molecular weight excluding hydrogens is 1550 g/mol. The predicted molar refractivity (Wildman–Crippen MR) is 519 cm³/mol. The van der Waals surface area contributed by atoms with Gasteiger partial charge >= 0.3 is 489 Å². The molecule has 0 N–H and O–H groups in total. The first-order chi connectivity index (χ1) is 55.1. The normalized spacial score (nSPS) is 12.2. The number of hydrogen-bond acceptors (Lipinski definition) is 1. The van der Waals surface area contributed by atoms with Gasteiger partial charge in [0.05, 0.1) is 0 Å². The van der Waals surface area contributed by atoms with Crippen molar-refractivity contribution in [3.8, 4) is 0 Å². The summed E-state index contributed by atoms with van der Waals surface area (Å²) >= 11 is -6.17. The fourth-order valence-electron chi connectivity index (χ4n) is 19.5. The number of rotatable bonds is 104. The molecule has 668 valence electrons. The quantitative estimate of drug-likeness (QED) is 0.0436. The van der Waals surface area contributed by atoms with Gasteiger partial charge in [0, 0.05) is 0 Å². The maximum atomic E-state index is 9.19. The molecule has 0 aliphatic carbocycles. The molecule has 3 heteroatoms. The Morgan fingerprint density at radius 2 is 0.153 bits per heavy atom. The summed E-state index contributed by atoms with van der Waals surface area (Å²) in [6, 6.07) is 0. The minimum Gasteiger partial charge on any atom is -0.0654 e. The molecule has 0 aromatic carbocycles. The van der Waals surface area contributed by atoms with Gasteiger partial charge in [0.25, 0.3) is 0 Å². The van der Waals surface area contributed by atoms with Crippen LogP contribution in [0.5, 0.6) is 0 Å². The van der Waals surface area contributed by atoms with Gasteiger partial charge in [-0.2, -0.15) is 0 Å². The van der Waals surface area contributed by atoms with E-state index < -0.39 is 37.6 Å². The van der Waals surface area contributed by atoms with Crippen molar-refractivity contribution in [1.82, 2.24) is 0 Å². The van der Waals surface area contributed by atoms with Crippen molar-refractivity contribution in [2.45, 2.75) is 685 Å². The molecule has 0 unspecified atom stereocenters. The second-order valence-electron chi connectivity index (χ2n) is 38.8. The molecule has 0 aromatic rings. The molecule has 0 bridgehead atoms. The Hall–Kier alpha value is 1.56. The van der Waals surface area contributed by atoms with Crippen LogP contribution >= 0.6 is 0 Å². The third-order valence-corrected chi connectivity index (χ3v) is 68.1. The first kappa shape index (κ1) is 113. The topological polar surface area (TPSA) is 9.23 Å². The summed E-state index contributed by atoms with van der Waals surface area (Å²) < 4.78 is 18.9. The van der Waals surface area contributed by atoms with Crippen molar-refractivity contribution >= 4 is 37.6 Å². The van der Waals surface area contributed by atoms with E-state index in [1.54, 1.807) is 26.6 Å². The zero-order chi connectivity index (χ0) is 79.8. The Morgan fingerprint density at radius 3 is 0.225 bits per heavy atom. The van der Waals surface area contributed by atoms with Crippen molar-refractivity contribution in [3.05, 3.63) is 0 Å². The molecular formula is C108H222OSn2. The predicted octanol–water partition coefficient (Wildman–Crippen LogP) is 42.5. The van der Waals surface area contributed by atoms with E-state index in [-0.39, 0.29) is 0 Å². The van der Waals surface area contributed by atoms with E-state index in [1.807, 2.05) is 0 Å². The Morgan fingerprint density at radius 1 is 0.0901 bits per heavy atom. The fourth-order valence-corrected chi connectivity index (χ4v) is 72.8. The van der Waals surface area contributed by atoms with Crippen LogP contribution in [0, 0.1) is 0 Å². The van der Waals surface area contributed by atoms with E-state index in [0.717, 1.165) is 0 Å². The van der Waals surface area contributed by atoms with Crippen LogP contribution in [-0.4, -0.2) is 37.6 Å². The first-order valence-electron chi connectivity index (χ1n) is 54.8. The minimum absolute atomic E-state index is 1.37. The van der Waals surface area contributed by atoms with Crippen molar-refractivity contribution in [3.63, 3.8) is 0 Å². The molecule has 0 aliphatic heterocycles. The van der Waals surface area contributed by atoms with Gasteiger partial charge < -0.3 is 0 Å². The summed E-state index contributed by atoms with van der Waals surface area (Å²) in [4.78, 5) is 0. The van der Waals surface area contributed by atoms with E-state index in [0.29, 0.717) is 0 Å². The van der Waals surface area contributed by atoms with Gasteiger partial charge in [0.2, 0.25) is 0 Å². The van der Waals surface area contributed by atoms with E-state index in [4.69, 9.17) is 0 Å². The Bertz CT molecular complexity index is 1300. The van der Waals surface area contributed by atoms with Crippen LogP contribution in [0.25, 0.3) is 0 Å². The van der Waals surface area contributed by atoms with Crippen molar-refractivity contribution < 1.29 is 1.41 Å². The molecule has 0 radical (unpaired) electrons. The molecule has 0 saturated heterocycles. The smallest absolute Gasteiger partial charge is 0.0654 e. The van der Waals surface area contributed by atoms with Crippen molar-refractivity contribution in [1.29, 1.82) is 0 Å².